The smallest absolute Gasteiger partial charge is 0.0322 e. The second-order valence-electron chi connectivity index (χ2n) is 2.07. The van der Waals surface area contributed by atoms with Gasteiger partial charge in [-0.25, -0.2) is 0 Å². The van der Waals surface area contributed by atoms with Crippen molar-refractivity contribution in [2.75, 3.05) is 6.54 Å². The van der Waals surface area contributed by atoms with Gasteiger partial charge in [-0.3, -0.25) is 0 Å². The molecule has 1 saturated heterocycles. The van der Waals surface area contributed by atoms with Crippen molar-refractivity contribution in [3.63, 3.8) is 0 Å². The van der Waals surface area contributed by atoms with E-state index in [1.54, 1.807) is 0 Å². The van der Waals surface area contributed by atoms with E-state index in [0.29, 0.717) is 12.0 Å². The highest BCUT2D eigenvalue weighted by atomic mass is 15.0. The molecule has 1 heteroatoms. The zero-order valence-electron chi connectivity index (χ0n) is 4.93. The van der Waals surface area contributed by atoms with Crippen LogP contribution in [-0.2, 0) is 0 Å². The van der Waals surface area contributed by atoms with E-state index < -0.39 is 0 Å². The molecule has 0 saturated carbocycles. The first-order valence-electron chi connectivity index (χ1n) is 2.87. The first kappa shape index (κ1) is 5.57. The zero-order valence-corrected chi connectivity index (χ0v) is 4.93. The first-order chi connectivity index (χ1) is 3.88. The fourth-order valence-corrected chi connectivity index (χ4v) is 0.878. The van der Waals surface area contributed by atoms with Gasteiger partial charge >= 0.3 is 0 Å². The lowest BCUT2D eigenvalue weighted by molar-refractivity contribution is 0.339. The average molecular weight is 109 g/mol. The van der Waals surface area contributed by atoms with Crippen LogP contribution in [0, 0.1) is 5.92 Å². The van der Waals surface area contributed by atoms with Crippen LogP contribution in [0.15, 0.2) is 25.3 Å². The number of hydrogen-bond acceptors (Lipinski definition) is 1. The lowest BCUT2D eigenvalue weighted by Crippen LogP contribution is -2.50. The summed E-state index contributed by atoms with van der Waals surface area (Å²) in [4.78, 5) is 0. The minimum atomic E-state index is 0.493. The highest BCUT2D eigenvalue weighted by molar-refractivity contribution is 5.05. The molecule has 0 aromatic carbocycles. The third kappa shape index (κ3) is 0.693. The van der Waals surface area contributed by atoms with E-state index in [9.17, 15) is 0 Å². The topological polar surface area (TPSA) is 12.0 Å². The molecule has 0 radical (unpaired) electrons. The molecule has 2 atom stereocenters. The summed E-state index contributed by atoms with van der Waals surface area (Å²) in [5.41, 5.74) is 0. The van der Waals surface area contributed by atoms with Crippen LogP contribution < -0.4 is 5.32 Å². The lowest BCUT2D eigenvalue weighted by Gasteiger charge is -2.33. The highest BCUT2D eigenvalue weighted by Gasteiger charge is 2.23. The van der Waals surface area contributed by atoms with Gasteiger partial charge in [0.1, 0.15) is 0 Å². The fraction of sp³-hybridized carbons (Fsp3) is 0.429. The molecular weight excluding hydrogens is 98.1 g/mol. The predicted molar refractivity (Wildman–Crippen MR) is 35.7 cm³/mol. The van der Waals surface area contributed by atoms with Crippen molar-refractivity contribution in [3.8, 4) is 0 Å². The van der Waals surface area contributed by atoms with Gasteiger partial charge in [-0.05, 0) is 0 Å². The summed E-state index contributed by atoms with van der Waals surface area (Å²) < 4.78 is 0. The van der Waals surface area contributed by atoms with Crippen LogP contribution in [-0.4, -0.2) is 12.6 Å². The highest BCUT2D eigenvalue weighted by Crippen LogP contribution is 2.13. The van der Waals surface area contributed by atoms with Gasteiger partial charge in [-0.1, -0.05) is 12.2 Å². The van der Waals surface area contributed by atoms with Crippen LogP contribution in [0.2, 0.25) is 0 Å². The first-order valence-corrected chi connectivity index (χ1v) is 2.87. The molecule has 44 valence electrons. The Hall–Kier alpha value is -0.560. The van der Waals surface area contributed by atoms with E-state index in [1.807, 2.05) is 12.2 Å². The molecule has 1 rings (SSSR count). The van der Waals surface area contributed by atoms with E-state index in [2.05, 4.69) is 18.5 Å². The Morgan fingerprint density at radius 1 is 1.38 bits per heavy atom. The van der Waals surface area contributed by atoms with Crippen LogP contribution in [0.3, 0.4) is 0 Å². The van der Waals surface area contributed by atoms with Crippen molar-refractivity contribution in [1.82, 2.24) is 5.32 Å². The second kappa shape index (κ2) is 2.14. The van der Waals surface area contributed by atoms with Crippen LogP contribution >= 0.6 is 0 Å². The molecule has 1 aliphatic rings. The minimum Gasteiger partial charge on any atom is -0.309 e. The van der Waals surface area contributed by atoms with Crippen molar-refractivity contribution >= 4 is 0 Å². The number of nitrogens with one attached hydrogen (secondary N) is 1. The van der Waals surface area contributed by atoms with Gasteiger partial charge in [-0.2, -0.15) is 0 Å². The average Bonchev–Trinajstić information content (AvgIpc) is 1.66. The fourth-order valence-electron chi connectivity index (χ4n) is 0.878. The quantitative estimate of drug-likeness (QED) is 0.520. The summed E-state index contributed by atoms with van der Waals surface area (Å²) in [7, 11) is 0. The molecule has 0 amide bonds. The Kier molecular flexibility index (Phi) is 1.49. The standard InChI is InChI=1S/C7H11N/c1-3-6-5-8-7(6)4-2/h3-4,6-8H,1-2,5H2. The van der Waals surface area contributed by atoms with Gasteiger partial charge in [0.05, 0.1) is 0 Å². The Balaban J connectivity index is 2.36. The summed E-state index contributed by atoms with van der Waals surface area (Å²) in [6.07, 6.45) is 3.90. The summed E-state index contributed by atoms with van der Waals surface area (Å²) in [5.74, 6) is 0.632. The van der Waals surface area contributed by atoms with E-state index in [0.717, 1.165) is 6.54 Å². The molecule has 1 nitrogen and oxygen atoms in total. The molecule has 0 aliphatic carbocycles. The Bertz CT molecular complexity index is 93.0. The molecule has 8 heavy (non-hydrogen) atoms. The van der Waals surface area contributed by atoms with Crippen LogP contribution in [0.5, 0.6) is 0 Å². The van der Waals surface area contributed by atoms with Gasteiger partial charge in [0.15, 0.2) is 0 Å². The molecule has 0 aromatic heterocycles. The molecular formula is C7H11N. The maximum Gasteiger partial charge on any atom is 0.0322 e. The number of hydrogen-bond donors (Lipinski definition) is 1. The Morgan fingerprint density at radius 2 is 2.12 bits per heavy atom. The summed E-state index contributed by atoms with van der Waals surface area (Å²) in [6, 6.07) is 0.493. The van der Waals surface area contributed by atoms with E-state index in [1.165, 1.54) is 0 Å². The summed E-state index contributed by atoms with van der Waals surface area (Å²) in [5, 5.41) is 3.21. The van der Waals surface area contributed by atoms with Crippen molar-refractivity contribution in [2.45, 2.75) is 6.04 Å². The Morgan fingerprint density at radius 3 is 2.25 bits per heavy atom. The van der Waals surface area contributed by atoms with Crippen molar-refractivity contribution in [2.24, 2.45) is 5.92 Å². The van der Waals surface area contributed by atoms with Gasteiger partial charge in [0.25, 0.3) is 0 Å². The van der Waals surface area contributed by atoms with E-state index in [4.69, 9.17) is 0 Å². The monoisotopic (exact) mass is 109 g/mol. The molecule has 1 fully saturated rings. The van der Waals surface area contributed by atoms with Crippen molar-refractivity contribution < 1.29 is 0 Å². The maximum absolute atomic E-state index is 3.69. The molecule has 1 N–H and O–H groups in total. The molecule has 0 aromatic rings. The SMILES string of the molecule is C=CC1CNC1C=C. The largest absolute Gasteiger partial charge is 0.309 e. The minimum absolute atomic E-state index is 0.493. The van der Waals surface area contributed by atoms with Crippen molar-refractivity contribution in [1.29, 1.82) is 0 Å². The molecule has 1 aliphatic heterocycles. The maximum atomic E-state index is 3.69. The lowest BCUT2D eigenvalue weighted by atomic mass is 9.92. The number of rotatable bonds is 2. The third-order valence-electron chi connectivity index (χ3n) is 1.61. The predicted octanol–water partition coefficient (Wildman–Crippen LogP) is 0.946. The van der Waals surface area contributed by atoms with Crippen LogP contribution in [0.1, 0.15) is 0 Å². The summed E-state index contributed by atoms with van der Waals surface area (Å²) >= 11 is 0. The van der Waals surface area contributed by atoms with E-state index in [-0.39, 0.29) is 0 Å². The van der Waals surface area contributed by atoms with Gasteiger partial charge in [-0.15, -0.1) is 13.2 Å². The molecule has 0 bridgehead atoms. The normalized spacial score (nSPS) is 35.5. The van der Waals surface area contributed by atoms with Gasteiger partial charge < -0.3 is 5.32 Å². The van der Waals surface area contributed by atoms with Gasteiger partial charge in [0.2, 0.25) is 0 Å². The molecule has 1 heterocycles. The Labute approximate surface area is 50.1 Å². The van der Waals surface area contributed by atoms with E-state index >= 15 is 0 Å². The van der Waals surface area contributed by atoms with Crippen LogP contribution in [0.25, 0.3) is 0 Å². The second-order valence-corrected chi connectivity index (χ2v) is 2.07. The van der Waals surface area contributed by atoms with Crippen LogP contribution in [0.4, 0.5) is 0 Å². The van der Waals surface area contributed by atoms with Crippen molar-refractivity contribution in [3.05, 3.63) is 25.3 Å². The zero-order chi connectivity index (χ0) is 5.98. The third-order valence-corrected chi connectivity index (χ3v) is 1.61. The van der Waals surface area contributed by atoms with Gasteiger partial charge in [0, 0.05) is 18.5 Å². The molecule has 2 unspecified atom stereocenters. The summed E-state index contributed by atoms with van der Waals surface area (Å²) in [6.45, 7) is 8.43. The molecule has 0 spiro atoms.